The number of carbonyl (C=O) groups is 2. The fraction of sp³-hybridized carbons (Fsp3) is 0.949. The molecular weight excluding hydrogens is 1110 g/mol. The van der Waals surface area contributed by atoms with Crippen molar-refractivity contribution in [1.29, 1.82) is 0 Å². The Morgan fingerprint density at radius 3 is 1.04 bits per heavy atom. The van der Waals surface area contributed by atoms with Crippen molar-refractivity contribution in [3.63, 3.8) is 0 Å². The lowest BCUT2D eigenvalue weighted by Gasteiger charge is -2.40. The van der Waals surface area contributed by atoms with Gasteiger partial charge < -0.3 is 45.1 Å². The van der Waals surface area contributed by atoms with Crippen molar-refractivity contribution >= 4 is 11.9 Å². The van der Waals surface area contributed by atoms with Crippen LogP contribution < -0.4 is 5.32 Å². The summed E-state index contributed by atoms with van der Waals surface area (Å²) in [6.07, 6.45) is 75.2. The minimum atomic E-state index is -1.57. The topological polar surface area (TPSA) is 175 Å². The van der Waals surface area contributed by atoms with Crippen LogP contribution in [0.1, 0.15) is 412 Å². The smallest absolute Gasteiger partial charge is 0.305 e. The van der Waals surface area contributed by atoms with Gasteiger partial charge in [0, 0.05) is 12.8 Å². The molecule has 0 spiro atoms. The molecule has 0 aromatic rings. The first-order chi connectivity index (χ1) is 43.7. The molecule has 1 amide bonds. The predicted octanol–water partition coefficient (Wildman–Crippen LogP) is 21.0. The molecule has 11 heteroatoms. The highest BCUT2D eigenvalue weighted by Gasteiger charge is 2.44. The number of nitrogens with one attached hydrogen (secondary N) is 1. The molecule has 1 heterocycles. The number of amides is 1. The normalized spacial score (nSPS) is 17.7. The van der Waals surface area contributed by atoms with Gasteiger partial charge in [-0.15, -0.1) is 0 Å². The van der Waals surface area contributed by atoms with E-state index in [0.29, 0.717) is 19.4 Å². The molecule has 1 fully saturated rings. The van der Waals surface area contributed by atoms with Gasteiger partial charge in [-0.25, -0.2) is 0 Å². The van der Waals surface area contributed by atoms with Crippen LogP contribution in [0.15, 0.2) is 12.2 Å². The minimum absolute atomic E-state index is 0.0176. The van der Waals surface area contributed by atoms with Gasteiger partial charge in [-0.05, 0) is 32.1 Å². The number of allylic oxidation sites excluding steroid dienone is 1. The van der Waals surface area contributed by atoms with E-state index in [-0.39, 0.29) is 18.5 Å². The fourth-order valence-corrected chi connectivity index (χ4v) is 13.0. The third-order valence-corrected chi connectivity index (χ3v) is 19.2. The Morgan fingerprint density at radius 2 is 0.708 bits per heavy atom. The minimum Gasteiger partial charge on any atom is -0.466 e. The highest BCUT2D eigenvalue weighted by atomic mass is 16.7. The summed E-state index contributed by atoms with van der Waals surface area (Å²) in [4.78, 5) is 25.1. The number of aliphatic hydroxyl groups excluding tert-OH is 5. The van der Waals surface area contributed by atoms with Gasteiger partial charge in [0.2, 0.25) is 5.91 Å². The summed E-state index contributed by atoms with van der Waals surface area (Å²) in [5.74, 6) is -0.155. The van der Waals surface area contributed by atoms with Crippen molar-refractivity contribution in [1.82, 2.24) is 5.32 Å². The molecule has 1 aliphatic rings. The van der Waals surface area contributed by atoms with E-state index in [1.807, 2.05) is 6.08 Å². The van der Waals surface area contributed by atoms with Crippen LogP contribution in [-0.2, 0) is 23.8 Å². The van der Waals surface area contributed by atoms with Crippen LogP contribution in [-0.4, -0.2) is 100 Å². The van der Waals surface area contributed by atoms with Crippen molar-refractivity contribution in [3.8, 4) is 0 Å². The molecule has 0 radical (unpaired) electrons. The molecule has 0 aliphatic carbocycles. The molecule has 1 saturated heterocycles. The Balaban J connectivity index is 1.91. The molecule has 0 saturated carbocycles. The van der Waals surface area contributed by atoms with Crippen molar-refractivity contribution in [2.75, 3.05) is 19.8 Å². The van der Waals surface area contributed by atoms with Crippen LogP contribution in [0.25, 0.3) is 0 Å². The Bertz CT molecular complexity index is 1480. The Labute approximate surface area is 550 Å². The number of hydrogen-bond acceptors (Lipinski definition) is 10. The van der Waals surface area contributed by atoms with Crippen molar-refractivity contribution < 1.29 is 49.3 Å². The quantitative estimate of drug-likeness (QED) is 0.0195. The highest BCUT2D eigenvalue weighted by Crippen LogP contribution is 2.24. The molecular formula is C78H151NO10. The second-order valence-corrected chi connectivity index (χ2v) is 27.8. The first-order valence-electron chi connectivity index (χ1n) is 39.5. The lowest BCUT2D eigenvalue weighted by atomic mass is 9.99. The van der Waals surface area contributed by atoms with E-state index in [2.05, 4.69) is 19.2 Å². The van der Waals surface area contributed by atoms with Gasteiger partial charge in [-0.3, -0.25) is 9.59 Å². The first kappa shape index (κ1) is 85.4. The summed E-state index contributed by atoms with van der Waals surface area (Å²) in [5.41, 5.74) is 0. The number of esters is 1. The van der Waals surface area contributed by atoms with E-state index in [0.717, 1.165) is 51.4 Å². The maximum Gasteiger partial charge on any atom is 0.305 e. The van der Waals surface area contributed by atoms with Gasteiger partial charge in [0.1, 0.15) is 24.4 Å². The van der Waals surface area contributed by atoms with Gasteiger partial charge >= 0.3 is 5.97 Å². The van der Waals surface area contributed by atoms with Crippen LogP contribution in [0.4, 0.5) is 0 Å². The van der Waals surface area contributed by atoms with Crippen LogP contribution in [0, 0.1) is 0 Å². The molecule has 89 heavy (non-hydrogen) atoms. The summed E-state index contributed by atoms with van der Waals surface area (Å²) in [5, 5.41) is 54.6. The number of unbranched alkanes of at least 4 members (excludes halogenated alkanes) is 57. The number of ether oxygens (including phenoxy) is 3. The van der Waals surface area contributed by atoms with E-state index in [9.17, 15) is 35.1 Å². The third kappa shape index (κ3) is 56.5. The maximum atomic E-state index is 13.1. The zero-order chi connectivity index (χ0) is 64.4. The van der Waals surface area contributed by atoms with Crippen LogP contribution in [0.2, 0.25) is 0 Å². The second kappa shape index (κ2) is 67.8. The third-order valence-electron chi connectivity index (χ3n) is 19.2. The molecule has 1 rings (SSSR count). The van der Waals surface area contributed by atoms with Crippen LogP contribution in [0.5, 0.6) is 0 Å². The van der Waals surface area contributed by atoms with Gasteiger partial charge in [0.15, 0.2) is 6.29 Å². The van der Waals surface area contributed by atoms with Crippen molar-refractivity contribution in [3.05, 3.63) is 12.2 Å². The molecule has 528 valence electrons. The lowest BCUT2D eigenvalue weighted by molar-refractivity contribution is -0.302. The molecule has 0 bridgehead atoms. The summed E-state index contributed by atoms with van der Waals surface area (Å²) in [7, 11) is 0. The van der Waals surface area contributed by atoms with Crippen LogP contribution >= 0.6 is 0 Å². The zero-order valence-corrected chi connectivity index (χ0v) is 58.9. The monoisotopic (exact) mass is 1260 g/mol. The number of hydrogen-bond donors (Lipinski definition) is 6. The highest BCUT2D eigenvalue weighted by molar-refractivity contribution is 5.76. The van der Waals surface area contributed by atoms with Gasteiger partial charge in [-0.2, -0.15) is 0 Å². The van der Waals surface area contributed by atoms with Gasteiger partial charge in [0.25, 0.3) is 0 Å². The Kier molecular flexibility index (Phi) is 65.1. The lowest BCUT2D eigenvalue weighted by Crippen LogP contribution is -2.60. The molecule has 7 unspecified atom stereocenters. The molecule has 0 aromatic heterocycles. The van der Waals surface area contributed by atoms with Gasteiger partial charge in [0.05, 0.1) is 32.0 Å². The SMILES string of the molecule is CCCCCCCCCCCCCC/C=C/C(O)C(COC1OC(CO)C(O)C(O)C1O)NC(=O)CCCCCCCCCCCCCCCCCCCCCCCCCCCCCCCCCCCCCOC(=O)CCCCCCCCCCCCCC. The van der Waals surface area contributed by atoms with Gasteiger partial charge in [-0.1, -0.05) is 379 Å². The number of rotatable bonds is 71. The second-order valence-electron chi connectivity index (χ2n) is 27.8. The van der Waals surface area contributed by atoms with Crippen LogP contribution in [0.3, 0.4) is 0 Å². The summed E-state index contributed by atoms with van der Waals surface area (Å²) >= 11 is 0. The average Bonchev–Trinajstić information content (AvgIpc) is 3.63. The number of carbonyl (C=O) groups excluding carboxylic acids is 2. The van der Waals surface area contributed by atoms with E-state index in [4.69, 9.17) is 14.2 Å². The number of aliphatic hydroxyl groups is 5. The first-order valence-corrected chi connectivity index (χ1v) is 39.5. The standard InChI is InChI=1S/C78H151NO10/c1-3-5-7-9-11-13-15-17-41-44-48-52-56-60-64-71(81)70(69-88-78-77(86)76(85)75(84)72(68-80)89-78)79-73(82)65-61-57-53-49-45-42-39-37-35-33-31-29-27-25-23-21-19-18-20-22-24-26-28-30-32-34-36-38-40-43-47-51-55-59-63-67-87-74(83)66-62-58-54-50-46-16-14-12-10-8-6-4-2/h60,64,70-72,75-78,80-81,84-86H,3-59,61-63,65-69H2,1-2H3,(H,79,82)/b64-60+. The van der Waals surface area contributed by atoms with E-state index in [1.165, 1.54) is 334 Å². The maximum absolute atomic E-state index is 13.1. The average molecular weight is 1260 g/mol. The summed E-state index contributed by atoms with van der Waals surface area (Å²) in [6, 6.07) is -0.805. The molecule has 1 aliphatic heterocycles. The summed E-state index contributed by atoms with van der Waals surface area (Å²) < 4.78 is 16.8. The van der Waals surface area contributed by atoms with E-state index in [1.54, 1.807) is 6.08 Å². The molecule has 0 aromatic carbocycles. The fourth-order valence-electron chi connectivity index (χ4n) is 13.0. The van der Waals surface area contributed by atoms with E-state index >= 15 is 0 Å². The zero-order valence-electron chi connectivity index (χ0n) is 58.9. The predicted molar refractivity (Wildman–Crippen MR) is 375 cm³/mol. The molecule has 7 atom stereocenters. The molecule has 11 nitrogen and oxygen atoms in total. The van der Waals surface area contributed by atoms with Crippen molar-refractivity contribution in [2.45, 2.75) is 455 Å². The van der Waals surface area contributed by atoms with Crippen molar-refractivity contribution in [2.24, 2.45) is 0 Å². The summed E-state index contributed by atoms with van der Waals surface area (Å²) in [6.45, 7) is 4.41. The van der Waals surface area contributed by atoms with E-state index < -0.39 is 49.5 Å². The Morgan fingerprint density at radius 1 is 0.404 bits per heavy atom. The Hall–Kier alpha value is -1.60. The molecule has 6 N–H and O–H groups in total. The largest absolute Gasteiger partial charge is 0.466 e.